The van der Waals surface area contributed by atoms with E-state index in [-0.39, 0.29) is 0 Å². The number of benzene rings is 1. The topological polar surface area (TPSA) is 38.0 Å². The van der Waals surface area contributed by atoms with Crippen molar-refractivity contribution in [1.82, 2.24) is 0 Å². The highest BCUT2D eigenvalue weighted by Crippen LogP contribution is 2.46. The fourth-order valence-electron chi connectivity index (χ4n) is 1.89. The lowest BCUT2D eigenvalue weighted by atomic mass is 10.1. The number of rotatable bonds is 3. The van der Waals surface area contributed by atoms with Crippen LogP contribution in [0.15, 0.2) is 18.2 Å². The van der Waals surface area contributed by atoms with E-state index >= 15 is 0 Å². The molecule has 0 aliphatic heterocycles. The molecular weight excluding hydrogens is 216 g/mol. The number of anilines is 1. The predicted molar refractivity (Wildman–Crippen MR) is 72.9 cm³/mol. The fourth-order valence-corrected chi connectivity index (χ4v) is 2.07. The highest BCUT2D eigenvalue weighted by atomic mass is 32.1. The summed E-state index contributed by atoms with van der Waals surface area (Å²) in [5.74, 6) is 0. The number of hydrogen-bond donors (Lipinski definition) is 2. The molecule has 3 heteroatoms. The Morgan fingerprint density at radius 1 is 1.50 bits per heavy atom. The van der Waals surface area contributed by atoms with E-state index in [1.165, 1.54) is 12.0 Å². The normalized spacial score (nSPS) is 21.6. The van der Waals surface area contributed by atoms with Crippen LogP contribution in [-0.4, -0.2) is 11.0 Å². The lowest BCUT2D eigenvalue weighted by Gasteiger charge is -2.13. The van der Waals surface area contributed by atoms with Crippen LogP contribution in [-0.2, 0) is 0 Å². The van der Waals surface area contributed by atoms with Crippen molar-refractivity contribution in [3.05, 3.63) is 29.3 Å². The van der Waals surface area contributed by atoms with Crippen molar-refractivity contribution in [3.8, 4) is 0 Å². The molecule has 0 aromatic heterocycles. The molecule has 3 N–H and O–H groups in total. The zero-order valence-corrected chi connectivity index (χ0v) is 10.8. The van der Waals surface area contributed by atoms with Gasteiger partial charge in [-0.25, -0.2) is 0 Å². The molecule has 16 heavy (non-hydrogen) atoms. The Bertz CT molecular complexity index is 438. The average molecular weight is 234 g/mol. The summed E-state index contributed by atoms with van der Waals surface area (Å²) >= 11 is 5.06. The van der Waals surface area contributed by atoms with Gasteiger partial charge in [0.15, 0.2) is 0 Å². The molecule has 1 fully saturated rings. The largest absolute Gasteiger partial charge is 0.389 e. The number of thiocarbonyl (C=S) groups is 1. The van der Waals surface area contributed by atoms with E-state index in [0.29, 0.717) is 16.4 Å². The molecule has 1 saturated carbocycles. The summed E-state index contributed by atoms with van der Waals surface area (Å²) in [6.45, 7) is 6.61. The van der Waals surface area contributed by atoms with E-state index in [2.05, 4.69) is 32.2 Å². The van der Waals surface area contributed by atoms with E-state index in [0.717, 1.165) is 11.3 Å². The number of hydrogen-bond acceptors (Lipinski definition) is 2. The minimum Gasteiger partial charge on any atom is -0.389 e. The van der Waals surface area contributed by atoms with Gasteiger partial charge in [0, 0.05) is 17.3 Å². The van der Waals surface area contributed by atoms with Crippen LogP contribution in [0, 0.1) is 12.3 Å². The first-order valence-electron chi connectivity index (χ1n) is 5.57. The molecule has 2 nitrogen and oxygen atoms in total. The van der Waals surface area contributed by atoms with Gasteiger partial charge < -0.3 is 11.1 Å². The molecule has 0 bridgehead atoms. The molecule has 0 radical (unpaired) electrons. The van der Waals surface area contributed by atoms with E-state index in [4.69, 9.17) is 18.0 Å². The van der Waals surface area contributed by atoms with Gasteiger partial charge in [0.05, 0.1) is 0 Å². The maximum atomic E-state index is 5.72. The number of nitrogens with two attached hydrogens (primary N) is 1. The summed E-state index contributed by atoms with van der Waals surface area (Å²) < 4.78 is 0. The first-order chi connectivity index (χ1) is 7.40. The summed E-state index contributed by atoms with van der Waals surface area (Å²) in [5, 5.41) is 3.53. The second kappa shape index (κ2) is 3.74. The Morgan fingerprint density at radius 3 is 2.62 bits per heavy atom. The van der Waals surface area contributed by atoms with Gasteiger partial charge in [0.1, 0.15) is 4.99 Å². The molecule has 1 aliphatic rings. The Morgan fingerprint density at radius 2 is 2.12 bits per heavy atom. The zero-order valence-electron chi connectivity index (χ0n) is 10.0. The molecule has 0 saturated heterocycles. The van der Waals surface area contributed by atoms with Crippen molar-refractivity contribution in [1.29, 1.82) is 0 Å². The molecule has 1 aromatic rings. The first-order valence-corrected chi connectivity index (χ1v) is 5.98. The molecule has 0 spiro atoms. The highest BCUT2D eigenvalue weighted by Gasteiger charge is 2.45. The molecular formula is C13H18N2S. The molecule has 1 atom stereocenters. The summed E-state index contributed by atoms with van der Waals surface area (Å²) in [6, 6.07) is 6.69. The zero-order chi connectivity index (χ0) is 11.9. The van der Waals surface area contributed by atoms with Crippen LogP contribution >= 0.6 is 12.2 Å². The van der Waals surface area contributed by atoms with Crippen molar-refractivity contribution in [2.75, 3.05) is 5.32 Å². The summed E-state index contributed by atoms with van der Waals surface area (Å²) in [4.78, 5) is 0.459. The lowest BCUT2D eigenvalue weighted by molar-refractivity contribution is 0.630. The Hall–Kier alpha value is -1.09. The Labute approximate surface area is 102 Å². The van der Waals surface area contributed by atoms with Gasteiger partial charge in [-0.3, -0.25) is 0 Å². The van der Waals surface area contributed by atoms with Gasteiger partial charge in [-0.2, -0.15) is 0 Å². The summed E-state index contributed by atoms with van der Waals surface area (Å²) in [7, 11) is 0. The molecule has 1 aliphatic carbocycles. The predicted octanol–water partition coefficient (Wildman–Crippen LogP) is 2.84. The first kappa shape index (κ1) is 11.4. The minimum atomic E-state index is 0.400. The Balaban J connectivity index is 2.25. The van der Waals surface area contributed by atoms with Crippen molar-refractivity contribution < 1.29 is 0 Å². The van der Waals surface area contributed by atoms with Crippen molar-refractivity contribution in [2.45, 2.75) is 33.2 Å². The molecule has 1 aromatic carbocycles. The minimum absolute atomic E-state index is 0.400. The maximum Gasteiger partial charge on any atom is 0.106 e. The van der Waals surface area contributed by atoms with Gasteiger partial charge in [-0.15, -0.1) is 0 Å². The van der Waals surface area contributed by atoms with Crippen LogP contribution in [0.4, 0.5) is 5.69 Å². The van der Waals surface area contributed by atoms with Gasteiger partial charge in [0.25, 0.3) is 0 Å². The van der Waals surface area contributed by atoms with E-state index in [1.807, 2.05) is 12.1 Å². The standard InChI is InChI=1S/C13H18N2S/c1-8-4-5-9(12(14)16)10(6-8)15-11-7-13(11,2)3/h4-6,11,15H,7H2,1-3H3,(H2,14,16). The highest BCUT2D eigenvalue weighted by molar-refractivity contribution is 7.80. The van der Waals surface area contributed by atoms with Crippen molar-refractivity contribution in [3.63, 3.8) is 0 Å². The van der Waals surface area contributed by atoms with Crippen LogP contribution in [0.25, 0.3) is 0 Å². The molecule has 2 rings (SSSR count). The van der Waals surface area contributed by atoms with E-state index < -0.39 is 0 Å². The average Bonchev–Trinajstić information content (AvgIpc) is 2.72. The second-order valence-corrected chi connectivity index (χ2v) is 5.74. The molecule has 0 heterocycles. The monoisotopic (exact) mass is 234 g/mol. The van der Waals surface area contributed by atoms with Crippen LogP contribution < -0.4 is 11.1 Å². The number of nitrogens with one attached hydrogen (secondary N) is 1. The summed E-state index contributed by atoms with van der Waals surface area (Å²) in [5.41, 5.74) is 9.36. The van der Waals surface area contributed by atoms with Crippen molar-refractivity contribution >= 4 is 22.9 Å². The SMILES string of the molecule is Cc1ccc(C(N)=S)c(NC2CC2(C)C)c1. The van der Waals surface area contributed by atoms with Gasteiger partial charge >= 0.3 is 0 Å². The van der Waals surface area contributed by atoms with Crippen LogP contribution in [0.3, 0.4) is 0 Å². The third-order valence-electron chi connectivity index (χ3n) is 3.28. The third kappa shape index (κ3) is 2.19. The number of aryl methyl sites for hydroxylation is 1. The second-order valence-electron chi connectivity index (χ2n) is 5.30. The Kier molecular flexibility index (Phi) is 2.66. The van der Waals surface area contributed by atoms with Crippen LogP contribution in [0.1, 0.15) is 31.4 Å². The van der Waals surface area contributed by atoms with E-state index in [9.17, 15) is 0 Å². The third-order valence-corrected chi connectivity index (χ3v) is 3.50. The van der Waals surface area contributed by atoms with Crippen LogP contribution in [0.2, 0.25) is 0 Å². The molecule has 86 valence electrons. The van der Waals surface area contributed by atoms with Gasteiger partial charge in [-0.1, -0.05) is 32.1 Å². The van der Waals surface area contributed by atoms with Gasteiger partial charge in [0.2, 0.25) is 0 Å². The maximum absolute atomic E-state index is 5.72. The van der Waals surface area contributed by atoms with Gasteiger partial charge in [-0.05, 0) is 36.5 Å². The smallest absolute Gasteiger partial charge is 0.106 e. The quantitative estimate of drug-likeness (QED) is 0.790. The fraction of sp³-hybridized carbons (Fsp3) is 0.462. The molecule has 1 unspecified atom stereocenters. The molecule has 0 amide bonds. The van der Waals surface area contributed by atoms with Crippen LogP contribution in [0.5, 0.6) is 0 Å². The lowest BCUT2D eigenvalue weighted by Crippen LogP contribution is -2.16. The van der Waals surface area contributed by atoms with E-state index in [1.54, 1.807) is 0 Å². The summed E-state index contributed by atoms with van der Waals surface area (Å²) in [6.07, 6.45) is 1.21. The van der Waals surface area contributed by atoms with Crippen molar-refractivity contribution in [2.24, 2.45) is 11.1 Å².